The molecule has 1 aromatic carbocycles. The number of ether oxygens (including phenoxy) is 3. The molecule has 98 valence electrons. The highest BCUT2D eigenvalue weighted by atomic mass is 16.5. The van der Waals surface area contributed by atoms with Gasteiger partial charge in [-0.2, -0.15) is 0 Å². The second-order valence-corrected chi connectivity index (χ2v) is 3.69. The van der Waals surface area contributed by atoms with E-state index in [1.54, 1.807) is 24.3 Å². The van der Waals surface area contributed by atoms with Crippen LogP contribution in [0, 0.1) is 0 Å². The summed E-state index contributed by atoms with van der Waals surface area (Å²) in [6, 6.07) is 6.89. The minimum atomic E-state index is -0.628. The van der Waals surface area contributed by atoms with Gasteiger partial charge in [-0.25, -0.2) is 9.59 Å². The first-order chi connectivity index (χ1) is 9.19. The number of fused-ring (bicyclic) bond motifs is 1. The third-order valence-electron chi connectivity index (χ3n) is 2.65. The summed E-state index contributed by atoms with van der Waals surface area (Å²) in [4.78, 5) is 23.7. The molecule has 0 radical (unpaired) electrons. The lowest BCUT2D eigenvalue weighted by Gasteiger charge is -2.10. The first kappa shape index (κ1) is 12.9. The fourth-order valence-corrected chi connectivity index (χ4v) is 1.78. The van der Waals surface area contributed by atoms with Gasteiger partial charge in [0.15, 0.2) is 0 Å². The molecule has 0 aromatic heterocycles. The molecule has 0 N–H and O–H groups in total. The Labute approximate surface area is 110 Å². The molecular weight excluding hydrogens is 248 g/mol. The molecule has 5 nitrogen and oxygen atoms in total. The van der Waals surface area contributed by atoms with E-state index in [2.05, 4.69) is 4.74 Å². The maximum atomic E-state index is 11.9. The molecular formula is C14H12O5. The maximum absolute atomic E-state index is 11.9. The van der Waals surface area contributed by atoms with Crippen molar-refractivity contribution >= 4 is 17.5 Å². The zero-order valence-corrected chi connectivity index (χ0v) is 10.5. The lowest BCUT2D eigenvalue weighted by molar-refractivity contribution is -0.137. The molecule has 1 aliphatic rings. The Morgan fingerprint density at radius 1 is 1.05 bits per heavy atom. The molecule has 0 spiro atoms. The summed E-state index contributed by atoms with van der Waals surface area (Å²) >= 11 is 0. The Kier molecular flexibility index (Phi) is 3.66. The molecule has 0 aliphatic carbocycles. The van der Waals surface area contributed by atoms with Crippen molar-refractivity contribution in [1.29, 1.82) is 0 Å². The molecule has 0 saturated heterocycles. The van der Waals surface area contributed by atoms with E-state index < -0.39 is 11.9 Å². The minimum absolute atomic E-state index is 0.0966. The first-order valence-electron chi connectivity index (χ1n) is 5.52. The van der Waals surface area contributed by atoms with E-state index in [4.69, 9.17) is 9.47 Å². The zero-order valence-electron chi connectivity index (χ0n) is 10.5. The summed E-state index contributed by atoms with van der Waals surface area (Å²) in [7, 11) is 2.50. The topological polar surface area (TPSA) is 61.8 Å². The number of carbonyl (C=O) groups excluding carboxylic acids is 2. The molecule has 19 heavy (non-hydrogen) atoms. The van der Waals surface area contributed by atoms with Gasteiger partial charge in [-0.3, -0.25) is 0 Å². The summed E-state index contributed by atoms with van der Waals surface area (Å²) < 4.78 is 14.8. The van der Waals surface area contributed by atoms with Crippen LogP contribution in [0.3, 0.4) is 0 Å². The van der Waals surface area contributed by atoms with Crippen molar-refractivity contribution in [2.24, 2.45) is 0 Å². The number of methoxy groups -OCH3 is 2. The van der Waals surface area contributed by atoms with Crippen molar-refractivity contribution in [3.63, 3.8) is 0 Å². The van der Waals surface area contributed by atoms with Gasteiger partial charge in [0.05, 0.1) is 31.6 Å². The van der Waals surface area contributed by atoms with E-state index in [9.17, 15) is 9.59 Å². The van der Waals surface area contributed by atoms with Gasteiger partial charge in [-0.1, -0.05) is 18.2 Å². The van der Waals surface area contributed by atoms with Crippen molar-refractivity contribution in [3.05, 3.63) is 47.7 Å². The van der Waals surface area contributed by atoms with Gasteiger partial charge in [0, 0.05) is 5.56 Å². The largest absolute Gasteiger partial charge is 0.465 e. The average molecular weight is 260 g/mol. The van der Waals surface area contributed by atoms with E-state index in [0.717, 1.165) is 0 Å². The zero-order chi connectivity index (χ0) is 13.8. The van der Waals surface area contributed by atoms with Gasteiger partial charge in [-0.05, 0) is 12.1 Å². The lowest BCUT2D eigenvalue weighted by atomic mass is 9.99. The van der Waals surface area contributed by atoms with Crippen LogP contribution in [0.4, 0.5) is 0 Å². The summed E-state index contributed by atoms with van der Waals surface area (Å²) in [5.74, 6) is -0.780. The molecule has 0 amide bonds. The van der Waals surface area contributed by atoms with Crippen LogP contribution in [0.25, 0.3) is 5.57 Å². The number of para-hydroxylation sites is 1. The monoisotopic (exact) mass is 260 g/mol. The quantitative estimate of drug-likeness (QED) is 0.757. The number of carbonyl (C=O) groups is 2. The van der Waals surface area contributed by atoms with Crippen LogP contribution < -0.4 is 4.74 Å². The Morgan fingerprint density at radius 2 is 1.74 bits per heavy atom. The Balaban J connectivity index is 2.70. The average Bonchev–Trinajstić information content (AvgIpc) is 2.65. The van der Waals surface area contributed by atoms with Crippen LogP contribution >= 0.6 is 0 Å². The van der Waals surface area contributed by atoms with Crippen molar-refractivity contribution in [2.75, 3.05) is 14.2 Å². The lowest BCUT2D eigenvalue weighted by Crippen LogP contribution is -2.12. The molecule has 1 aliphatic heterocycles. The third kappa shape index (κ3) is 2.35. The SMILES string of the molecule is COC(=O)C1=C(C(=O)OC)c2ccccc2OC=C1. The normalized spacial score (nSPS) is 13.2. The summed E-state index contributed by atoms with van der Waals surface area (Å²) in [6.45, 7) is 0. The van der Waals surface area contributed by atoms with Crippen LogP contribution in [0.1, 0.15) is 5.56 Å². The molecule has 1 aromatic rings. The van der Waals surface area contributed by atoms with Crippen molar-refractivity contribution < 1.29 is 23.8 Å². The first-order valence-corrected chi connectivity index (χ1v) is 5.52. The highest BCUT2D eigenvalue weighted by molar-refractivity contribution is 6.24. The Morgan fingerprint density at radius 3 is 2.42 bits per heavy atom. The molecule has 0 saturated carbocycles. The second-order valence-electron chi connectivity index (χ2n) is 3.69. The maximum Gasteiger partial charge on any atom is 0.339 e. The summed E-state index contributed by atoms with van der Waals surface area (Å²) in [6.07, 6.45) is 2.72. The van der Waals surface area contributed by atoms with Gasteiger partial charge in [0.1, 0.15) is 5.75 Å². The van der Waals surface area contributed by atoms with Crippen molar-refractivity contribution in [2.45, 2.75) is 0 Å². The van der Waals surface area contributed by atoms with Gasteiger partial charge in [0.2, 0.25) is 0 Å². The van der Waals surface area contributed by atoms with Gasteiger partial charge in [-0.15, -0.1) is 0 Å². The Hall–Kier alpha value is -2.56. The van der Waals surface area contributed by atoms with Crippen molar-refractivity contribution in [3.8, 4) is 5.75 Å². The van der Waals surface area contributed by atoms with E-state index >= 15 is 0 Å². The third-order valence-corrected chi connectivity index (χ3v) is 2.65. The predicted octanol–water partition coefficient (Wildman–Crippen LogP) is 1.69. The number of benzene rings is 1. The smallest absolute Gasteiger partial charge is 0.339 e. The number of esters is 2. The molecule has 2 rings (SSSR count). The van der Waals surface area contributed by atoms with Crippen LogP contribution in [0.15, 0.2) is 42.2 Å². The summed E-state index contributed by atoms with van der Waals surface area (Å²) in [5, 5.41) is 0. The fraction of sp³-hybridized carbons (Fsp3) is 0.143. The molecule has 0 unspecified atom stereocenters. The predicted molar refractivity (Wildman–Crippen MR) is 67.2 cm³/mol. The van der Waals surface area contributed by atoms with Gasteiger partial charge < -0.3 is 14.2 Å². The molecule has 5 heteroatoms. The molecule has 0 fully saturated rings. The van der Waals surface area contributed by atoms with Gasteiger partial charge in [0.25, 0.3) is 0 Å². The van der Waals surface area contributed by atoms with Crippen molar-refractivity contribution in [1.82, 2.24) is 0 Å². The van der Waals surface area contributed by atoms with E-state index in [-0.39, 0.29) is 11.1 Å². The molecule has 0 bridgehead atoms. The van der Waals surface area contributed by atoms with E-state index in [1.165, 1.54) is 26.6 Å². The van der Waals surface area contributed by atoms with E-state index in [0.29, 0.717) is 11.3 Å². The highest BCUT2D eigenvalue weighted by Crippen LogP contribution is 2.32. The van der Waals surface area contributed by atoms with Crippen LogP contribution in [-0.4, -0.2) is 26.2 Å². The Bertz CT molecular complexity index is 583. The molecule has 0 atom stereocenters. The van der Waals surface area contributed by atoms with E-state index in [1.807, 2.05) is 0 Å². The standard InChI is InChI=1S/C14H12O5/c1-17-13(15)10-7-8-19-11-6-4-3-5-9(11)12(10)14(16)18-2/h3-8H,1-2H3. The fourth-order valence-electron chi connectivity index (χ4n) is 1.78. The van der Waals surface area contributed by atoms with Crippen LogP contribution in [0.5, 0.6) is 5.75 Å². The molecule has 1 heterocycles. The number of hydrogen-bond acceptors (Lipinski definition) is 5. The van der Waals surface area contributed by atoms with Gasteiger partial charge >= 0.3 is 11.9 Å². The number of rotatable bonds is 2. The number of hydrogen-bond donors (Lipinski definition) is 0. The highest BCUT2D eigenvalue weighted by Gasteiger charge is 2.26. The second kappa shape index (κ2) is 5.39. The minimum Gasteiger partial charge on any atom is -0.465 e. The summed E-state index contributed by atoms with van der Waals surface area (Å²) in [5.41, 5.74) is 0.706. The van der Waals surface area contributed by atoms with Crippen LogP contribution in [0.2, 0.25) is 0 Å². The van der Waals surface area contributed by atoms with Crippen LogP contribution in [-0.2, 0) is 19.1 Å².